The number of nitrogens with two attached hydrogens (primary N) is 1. The molecule has 0 aliphatic heterocycles. The largest absolute Gasteiger partial charge is 0.478 e. The van der Waals surface area contributed by atoms with Crippen molar-refractivity contribution in [2.45, 2.75) is 19.9 Å². The lowest BCUT2D eigenvalue weighted by molar-refractivity contribution is 0.0698. The average Bonchev–Trinajstić information content (AvgIpc) is 2.87. The van der Waals surface area contributed by atoms with Crippen LogP contribution < -0.4 is 16.5 Å². The fourth-order valence-corrected chi connectivity index (χ4v) is 4.21. The third kappa shape index (κ3) is 4.90. The lowest BCUT2D eigenvalue weighted by Gasteiger charge is -2.19. The van der Waals surface area contributed by atoms with Crippen molar-refractivity contribution in [3.05, 3.63) is 105 Å². The first-order valence-corrected chi connectivity index (χ1v) is 11.4. The molecule has 1 aromatic heterocycles. The number of aromatic carboxylic acids is 1. The van der Waals surface area contributed by atoms with Crippen LogP contribution in [0.25, 0.3) is 27.9 Å². The number of carboxylic acids is 1. The van der Waals surface area contributed by atoms with Crippen molar-refractivity contribution < 1.29 is 14.3 Å². The third-order valence-corrected chi connectivity index (χ3v) is 5.93. The number of allylic oxidation sites excluding steroid dienone is 1. The van der Waals surface area contributed by atoms with E-state index in [9.17, 15) is 14.7 Å². The Morgan fingerprint density at radius 2 is 1.89 bits per heavy atom. The number of hydrogen-bond acceptors (Lipinski definition) is 6. The molecule has 182 valence electrons. The normalized spacial score (nSPS) is 12.7. The van der Waals surface area contributed by atoms with Gasteiger partial charge in [-0.05, 0) is 49.2 Å². The minimum atomic E-state index is -1.02. The van der Waals surface area contributed by atoms with Gasteiger partial charge < -0.3 is 20.6 Å². The summed E-state index contributed by atoms with van der Waals surface area (Å²) in [4.78, 5) is 28.9. The summed E-state index contributed by atoms with van der Waals surface area (Å²) in [7, 11) is 1.67. The van der Waals surface area contributed by atoms with E-state index in [4.69, 9.17) is 10.2 Å². The summed E-state index contributed by atoms with van der Waals surface area (Å²) in [6.07, 6.45) is 3.14. The Morgan fingerprint density at radius 1 is 1.11 bits per heavy atom. The molecule has 0 amide bonds. The first-order valence-electron chi connectivity index (χ1n) is 11.4. The van der Waals surface area contributed by atoms with E-state index in [1.807, 2.05) is 44.2 Å². The molecule has 3 aromatic carbocycles. The number of rotatable bonds is 7. The molecule has 1 unspecified atom stereocenters. The number of benzene rings is 3. The molecule has 0 saturated heterocycles. The van der Waals surface area contributed by atoms with Crippen LogP contribution in [0, 0.1) is 6.92 Å². The van der Waals surface area contributed by atoms with Crippen molar-refractivity contribution in [1.29, 1.82) is 0 Å². The van der Waals surface area contributed by atoms with Gasteiger partial charge in [-0.1, -0.05) is 36.4 Å². The quantitative estimate of drug-likeness (QED) is 0.294. The Kier molecular flexibility index (Phi) is 7.01. The lowest BCUT2D eigenvalue weighted by Crippen LogP contribution is -2.12. The summed E-state index contributed by atoms with van der Waals surface area (Å²) in [6, 6.07) is 19.1. The van der Waals surface area contributed by atoms with E-state index in [1.165, 1.54) is 12.3 Å². The molecular formula is C29H27N3O4. The zero-order valence-corrected chi connectivity index (χ0v) is 20.3. The number of hydrogen-bond donors (Lipinski definition) is 3. The Bertz CT molecular complexity index is 1570. The van der Waals surface area contributed by atoms with Gasteiger partial charge in [0.05, 0.1) is 17.0 Å². The smallest absolute Gasteiger partial charge is 0.337 e. The zero-order valence-electron chi connectivity index (χ0n) is 20.3. The van der Waals surface area contributed by atoms with Crippen molar-refractivity contribution >= 4 is 34.4 Å². The number of carbonyl (C=O) groups is 1. The summed E-state index contributed by atoms with van der Waals surface area (Å²) >= 11 is 0. The van der Waals surface area contributed by atoms with Crippen molar-refractivity contribution in [3.63, 3.8) is 0 Å². The molecule has 0 spiro atoms. The van der Waals surface area contributed by atoms with Crippen LogP contribution in [-0.2, 0) is 0 Å². The number of nitrogens with one attached hydrogen (secondary N) is 1. The highest BCUT2D eigenvalue weighted by atomic mass is 16.4. The second-order valence-corrected chi connectivity index (χ2v) is 8.51. The van der Waals surface area contributed by atoms with Crippen molar-refractivity contribution in [3.8, 4) is 11.3 Å². The Morgan fingerprint density at radius 3 is 2.61 bits per heavy atom. The number of carboxylic acid groups (broad SMARTS) is 1. The fraction of sp³-hybridized carbons (Fsp3) is 0.138. The van der Waals surface area contributed by atoms with Crippen LogP contribution in [-0.4, -0.2) is 24.3 Å². The maximum atomic E-state index is 13.2. The molecular weight excluding hydrogens is 454 g/mol. The fourth-order valence-electron chi connectivity index (χ4n) is 4.21. The van der Waals surface area contributed by atoms with Gasteiger partial charge in [0.2, 0.25) is 0 Å². The first-order chi connectivity index (χ1) is 17.3. The van der Waals surface area contributed by atoms with Crippen LogP contribution in [0.3, 0.4) is 0 Å². The standard InChI is InChI=1S/C29H27N3O4/c1-17-11-23(18(2)32-25-10-5-4-9-22(25)29(34)35)28-24(12-17)26(33)14-27(36-28)20-8-6-7-19(13-20)21(15-30)16-31-3/h4-16,18,32H,30H2,1-3H3,(H,34,35). The maximum absolute atomic E-state index is 13.2. The van der Waals surface area contributed by atoms with E-state index in [-0.39, 0.29) is 17.0 Å². The summed E-state index contributed by atoms with van der Waals surface area (Å²) < 4.78 is 6.34. The predicted molar refractivity (Wildman–Crippen MR) is 145 cm³/mol. The number of aliphatic imine (C=N–C) groups is 1. The van der Waals surface area contributed by atoms with Gasteiger partial charge in [0, 0.05) is 47.9 Å². The van der Waals surface area contributed by atoms with Gasteiger partial charge in [-0.3, -0.25) is 9.79 Å². The van der Waals surface area contributed by atoms with Crippen molar-refractivity contribution in [2.75, 3.05) is 12.4 Å². The summed E-state index contributed by atoms with van der Waals surface area (Å²) in [5, 5.41) is 13.3. The molecule has 0 aliphatic rings. The van der Waals surface area contributed by atoms with E-state index >= 15 is 0 Å². The van der Waals surface area contributed by atoms with Crippen LogP contribution in [0.15, 0.2) is 87.1 Å². The Hall–Kier alpha value is -4.65. The van der Waals surface area contributed by atoms with Gasteiger partial charge in [-0.15, -0.1) is 0 Å². The Balaban J connectivity index is 1.84. The van der Waals surface area contributed by atoms with E-state index in [2.05, 4.69) is 10.3 Å². The maximum Gasteiger partial charge on any atom is 0.337 e. The number of fused-ring (bicyclic) bond motifs is 1. The SMILES string of the molecule is CN=CC(=CN)c1cccc(-c2cc(=O)c3cc(C)cc(C(C)Nc4ccccc4C(=O)O)c3o2)c1. The molecule has 7 heteroatoms. The average molecular weight is 482 g/mol. The van der Waals surface area contributed by atoms with Gasteiger partial charge in [-0.2, -0.15) is 0 Å². The molecule has 0 saturated carbocycles. The van der Waals surface area contributed by atoms with Gasteiger partial charge in [0.25, 0.3) is 0 Å². The van der Waals surface area contributed by atoms with Gasteiger partial charge in [0.15, 0.2) is 5.43 Å². The van der Waals surface area contributed by atoms with Crippen LogP contribution in [0.1, 0.15) is 40.0 Å². The molecule has 0 radical (unpaired) electrons. The number of nitrogens with zero attached hydrogens (tertiary/aromatic N) is 1. The molecule has 4 rings (SSSR count). The monoisotopic (exact) mass is 481 g/mol. The highest BCUT2D eigenvalue weighted by Crippen LogP contribution is 2.32. The van der Waals surface area contributed by atoms with Gasteiger partial charge in [0.1, 0.15) is 11.3 Å². The number of aryl methyl sites for hydroxylation is 1. The molecule has 36 heavy (non-hydrogen) atoms. The van der Waals surface area contributed by atoms with E-state index in [1.54, 1.807) is 43.6 Å². The highest BCUT2D eigenvalue weighted by Gasteiger charge is 2.18. The van der Waals surface area contributed by atoms with Crippen molar-refractivity contribution in [1.82, 2.24) is 0 Å². The van der Waals surface area contributed by atoms with E-state index < -0.39 is 5.97 Å². The van der Waals surface area contributed by atoms with E-state index in [0.29, 0.717) is 22.4 Å². The molecule has 7 nitrogen and oxygen atoms in total. The molecule has 0 bridgehead atoms. The number of para-hydroxylation sites is 1. The number of anilines is 1. The topological polar surface area (TPSA) is 118 Å². The van der Waals surface area contributed by atoms with E-state index in [0.717, 1.165) is 27.8 Å². The molecule has 4 N–H and O–H groups in total. The molecule has 1 heterocycles. The Labute approximate surface area is 208 Å². The summed E-state index contributed by atoms with van der Waals surface area (Å²) in [6.45, 7) is 3.82. The first kappa shape index (κ1) is 24.5. The second kappa shape index (κ2) is 10.3. The summed E-state index contributed by atoms with van der Waals surface area (Å²) in [5.74, 6) is -0.602. The summed E-state index contributed by atoms with van der Waals surface area (Å²) in [5.41, 5.74) is 10.7. The third-order valence-electron chi connectivity index (χ3n) is 5.93. The minimum absolute atomic E-state index is 0.163. The molecule has 1 atom stereocenters. The van der Waals surface area contributed by atoms with Crippen molar-refractivity contribution in [2.24, 2.45) is 10.7 Å². The predicted octanol–water partition coefficient (Wildman–Crippen LogP) is 5.64. The zero-order chi connectivity index (χ0) is 25.8. The minimum Gasteiger partial charge on any atom is -0.478 e. The van der Waals surface area contributed by atoms with Gasteiger partial charge in [-0.25, -0.2) is 4.79 Å². The molecule has 0 fully saturated rings. The van der Waals surface area contributed by atoms with Crippen LogP contribution in [0.4, 0.5) is 5.69 Å². The lowest BCUT2D eigenvalue weighted by atomic mass is 9.99. The van der Waals surface area contributed by atoms with Crippen LogP contribution >= 0.6 is 0 Å². The molecule has 4 aromatic rings. The highest BCUT2D eigenvalue weighted by molar-refractivity contribution is 6.09. The van der Waals surface area contributed by atoms with Gasteiger partial charge >= 0.3 is 5.97 Å². The second-order valence-electron chi connectivity index (χ2n) is 8.51. The van der Waals surface area contributed by atoms with Crippen LogP contribution in [0.2, 0.25) is 0 Å². The van der Waals surface area contributed by atoms with Crippen LogP contribution in [0.5, 0.6) is 0 Å². The molecule has 0 aliphatic carbocycles.